The Balaban J connectivity index is 1.49. The van der Waals surface area contributed by atoms with Crippen molar-refractivity contribution in [2.24, 2.45) is 0 Å². The number of nitrogens with one attached hydrogen (secondary N) is 2. The molecule has 33 heavy (non-hydrogen) atoms. The number of ether oxygens (including phenoxy) is 1. The summed E-state index contributed by atoms with van der Waals surface area (Å²) in [5, 5.41) is 4.12. The van der Waals surface area contributed by atoms with Crippen molar-refractivity contribution in [2.75, 3.05) is 6.61 Å². The summed E-state index contributed by atoms with van der Waals surface area (Å²) >= 11 is 0. The first kappa shape index (κ1) is 26.6. The van der Waals surface area contributed by atoms with Gasteiger partial charge in [-0.2, -0.15) is 0 Å². The number of unbranched alkanes of at least 4 members (excludes halogenated alkanes) is 13. The summed E-state index contributed by atoms with van der Waals surface area (Å²) < 4.78 is 5.79. The van der Waals surface area contributed by atoms with Crippen LogP contribution < -0.4 is 15.4 Å². The maximum absolute atomic E-state index is 11.8. The summed E-state index contributed by atoms with van der Waals surface area (Å²) in [4.78, 5) is 34.6. The van der Waals surface area contributed by atoms with E-state index in [0.717, 1.165) is 12.2 Å². The van der Waals surface area contributed by atoms with E-state index in [-0.39, 0.29) is 5.57 Å². The predicted octanol–water partition coefficient (Wildman–Crippen LogP) is 6.30. The van der Waals surface area contributed by atoms with Gasteiger partial charge in [-0.3, -0.25) is 20.2 Å². The molecule has 1 saturated heterocycles. The zero-order chi connectivity index (χ0) is 23.7. The Morgan fingerprint density at radius 2 is 1.12 bits per heavy atom. The molecule has 0 bridgehead atoms. The molecule has 4 amide bonds. The summed E-state index contributed by atoms with van der Waals surface area (Å²) in [5.74, 6) is -0.622. The third kappa shape index (κ3) is 11.2. The SMILES string of the molecule is CCCCCCCCCCCCCCCCOc1ccc(C=C2C(=O)NC(=O)NC2=O)cc1. The molecule has 1 heterocycles. The largest absolute Gasteiger partial charge is 0.494 e. The van der Waals surface area contributed by atoms with E-state index in [1.807, 2.05) is 12.1 Å². The van der Waals surface area contributed by atoms with Crippen LogP contribution in [0, 0.1) is 0 Å². The van der Waals surface area contributed by atoms with Gasteiger partial charge in [-0.15, -0.1) is 0 Å². The highest BCUT2D eigenvalue weighted by Gasteiger charge is 2.27. The van der Waals surface area contributed by atoms with Crippen LogP contribution in [0.15, 0.2) is 29.8 Å². The van der Waals surface area contributed by atoms with Crippen LogP contribution in [0.1, 0.15) is 102 Å². The second kappa shape index (κ2) is 16.1. The van der Waals surface area contributed by atoms with Crippen LogP contribution in [0.3, 0.4) is 0 Å². The Morgan fingerprint density at radius 3 is 1.61 bits per heavy atom. The summed E-state index contributed by atoms with van der Waals surface area (Å²) in [5.41, 5.74) is 0.596. The smallest absolute Gasteiger partial charge is 0.328 e. The van der Waals surface area contributed by atoms with Crippen LogP contribution in [-0.2, 0) is 9.59 Å². The van der Waals surface area contributed by atoms with Gasteiger partial charge in [0.1, 0.15) is 11.3 Å². The molecule has 0 radical (unpaired) electrons. The topological polar surface area (TPSA) is 84.5 Å². The molecule has 6 nitrogen and oxygen atoms in total. The van der Waals surface area contributed by atoms with Gasteiger partial charge in [0.25, 0.3) is 11.8 Å². The van der Waals surface area contributed by atoms with Crippen LogP contribution in [-0.4, -0.2) is 24.5 Å². The average Bonchev–Trinajstić information content (AvgIpc) is 2.79. The number of carbonyl (C=O) groups is 3. The van der Waals surface area contributed by atoms with E-state index < -0.39 is 17.8 Å². The number of benzene rings is 1. The number of rotatable bonds is 17. The van der Waals surface area contributed by atoms with E-state index in [4.69, 9.17) is 4.74 Å². The molecule has 2 rings (SSSR count). The first-order valence-corrected chi connectivity index (χ1v) is 12.7. The zero-order valence-electron chi connectivity index (χ0n) is 20.1. The second-order valence-corrected chi connectivity index (χ2v) is 8.81. The molecule has 182 valence electrons. The van der Waals surface area contributed by atoms with Crippen molar-refractivity contribution in [3.05, 3.63) is 35.4 Å². The minimum absolute atomic E-state index is 0.0920. The second-order valence-electron chi connectivity index (χ2n) is 8.81. The molecule has 0 saturated carbocycles. The fourth-order valence-corrected chi connectivity index (χ4v) is 3.92. The van der Waals surface area contributed by atoms with Crippen molar-refractivity contribution < 1.29 is 19.1 Å². The van der Waals surface area contributed by atoms with Gasteiger partial charge in [-0.1, -0.05) is 103 Å². The van der Waals surface area contributed by atoms with Crippen LogP contribution in [0.5, 0.6) is 5.75 Å². The van der Waals surface area contributed by atoms with Crippen molar-refractivity contribution in [2.45, 2.75) is 96.8 Å². The number of carbonyl (C=O) groups excluding carboxylic acids is 3. The quantitative estimate of drug-likeness (QED) is 0.164. The molecule has 1 fully saturated rings. The van der Waals surface area contributed by atoms with Crippen LogP contribution in [0.25, 0.3) is 6.08 Å². The Bertz CT molecular complexity index is 749. The number of imide groups is 2. The summed E-state index contributed by atoms with van der Waals surface area (Å²) in [6.45, 7) is 2.95. The van der Waals surface area contributed by atoms with Crippen molar-refractivity contribution in [3.63, 3.8) is 0 Å². The maximum atomic E-state index is 11.8. The first-order valence-electron chi connectivity index (χ1n) is 12.7. The van der Waals surface area contributed by atoms with E-state index in [2.05, 4.69) is 17.6 Å². The van der Waals surface area contributed by atoms with Gasteiger partial charge in [0.15, 0.2) is 0 Å². The number of barbiturate groups is 1. The van der Waals surface area contributed by atoms with Gasteiger partial charge in [0.2, 0.25) is 0 Å². The van der Waals surface area contributed by atoms with E-state index in [0.29, 0.717) is 12.2 Å². The van der Waals surface area contributed by atoms with E-state index in [1.54, 1.807) is 12.1 Å². The zero-order valence-corrected chi connectivity index (χ0v) is 20.1. The third-order valence-electron chi connectivity index (χ3n) is 5.90. The predicted molar refractivity (Wildman–Crippen MR) is 132 cm³/mol. The Morgan fingerprint density at radius 1 is 0.667 bits per heavy atom. The molecule has 0 atom stereocenters. The molecule has 0 spiro atoms. The average molecular weight is 457 g/mol. The lowest BCUT2D eigenvalue weighted by molar-refractivity contribution is -0.123. The molecule has 1 aromatic carbocycles. The van der Waals surface area contributed by atoms with Gasteiger partial charge in [0.05, 0.1) is 6.61 Å². The highest BCUT2D eigenvalue weighted by molar-refractivity contribution is 6.31. The standard InChI is InChI=1S/C27H40N2O4/c1-2-3-4-5-6-7-8-9-10-11-12-13-14-15-20-33-23-18-16-22(17-19-23)21-24-25(30)28-27(32)29-26(24)31/h16-19,21H,2-15,20H2,1H3,(H2,28,29,30,31,32). The number of hydrogen-bond acceptors (Lipinski definition) is 4. The molecule has 0 unspecified atom stereocenters. The first-order chi connectivity index (χ1) is 16.1. The lowest BCUT2D eigenvalue weighted by Crippen LogP contribution is -2.51. The Labute approximate surface area is 198 Å². The monoisotopic (exact) mass is 456 g/mol. The molecule has 0 aromatic heterocycles. The van der Waals surface area contributed by atoms with E-state index >= 15 is 0 Å². The lowest BCUT2D eigenvalue weighted by Gasteiger charge is -2.13. The molecule has 2 N–H and O–H groups in total. The molecular formula is C27H40N2O4. The van der Waals surface area contributed by atoms with Gasteiger partial charge in [-0.05, 0) is 30.2 Å². The van der Waals surface area contributed by atoms with Gasteiger partial charge < -0.3 is 4.74 Å². The van der Waals surface area contributed by atoms with Gasteiger partial charge >= 0.3 is 6.03 Å². The number of urea groups is 1. The minimum atomic E-state index is -0.797. The summed E-state index contributed by atoms with van der Waals surface area (Å²) in [6.07, 6.45) is 20.1. The van der Waals surface area contributed by atoms with Gasteiger partial charge in [0, 0.05) is 0 Å². The van der Waals surface area contributed by atoms with Gasteiger partial charge in [-0.25, -0.2) is 4.79 Å². The van der Waals surface area contributed by atoms with Crippen molar-refractivity contribution in [1.29, 1.82) is 0 Å². The highest BCUT2D eigenvalue weighted by Crippen LogP contribution is 2.17. The van der Waals surface area contributed by atoms with Crippen molar-refractivity contribution in [3.8, 4) is 5.75 Å². The molecular weight excluding hydrogens is 416 g/mol. The summed E-state index contributed by atoms with van der Waals surface area (Å²) in [6, 6.07) is 6.41. The van der Waals surface area contributed by atoms with Crippen LogP contribution >= 0.6 is 0 Å². The van der Waals surface area contributed by atoms with E-state index in [1.165, 1.54) is 89.5 Å². The molecule has 0 aliphatic carbocycles. The highest BCUT2D eigenvalue weighted by atomic mass is 16.5. The van der Waals surface area contributed by atoms with Crippen molar-refractivity contribution in [1.82, 2.24) is 10.6 Å². The third-order valence-corrected chi connectivity index (χ3v) is 5.90. The summed E-state index contributed by atoms with van der Waals surface area (Å²) in [7, 11) is 0. The van der Waals surface area contributed by atoms with Crippen molar-refractivity contribution >= 4 is 23.9 Å². The molecule has 1 aliphatic rings. The van der Waals surface area contributed by atoms with Crippen LogP contribution in [0.2, 0.25) is 0 Å². The molecule has 1 aromatic rings. The Kier molecular flexibility index (Phi) is 13.0. The normalized spacial score (nSPS) is 13.6. The Hall–Kier alpha value is -2.63. The molecule has 6 heteroatoms. The fourth-order valence-electron chi connectivity index (χ4n) is 3.92. The number of amides is 4. The number of hydrogen-bond donors (Lipinski definition) is 2. The molecule has 1 aliphatic heterocycles. The minimum Gasteiger partial charge on any atom is -0.494 e. The maximum Gasteiger partial charge on any atom is 0.328 e. The lowest BCUT2D eigenvalue weighted by atomic mass is 10.0. The van der Waals surface area contributed by atoms with E-state index in [9.17, 15) is 14.4 Å². The fraction of sp³-hybridized carbons (Fsp3) is 0.593. The van der Waals surface area contributed by atoms with Crippen LogP contribution in [0.4, 0.5) is 4.79 Å².